The maximum Gasteiger partial charge on any atom is 0.342 e. The van der Waals surface area contributed by atoms with Crippen LogP contribution in [0.4, 0.5) is 0 Å². The van der Waals surface area contributed by atoms with Crippen LogP contribution in [0.1, 0.15) is 28.6 Å². The van der Waals surface area contributed by atoms with E-state index in [1.54, 1.807) is 21.0 Å². The van der Waals surface area contributed by atoms with Crippen LogP contribution in [0, 0.1) is 6.92 Å². The van der Waals surface area contributed by atoms with E-state index in [1.807, 2.05) is 31.1 Å². The van der Waals surface area contributed by atoms with Crippen molar-refractivity contribution in [2.24, 2.45) is 0 Å². The van der Waals surface area contributed by atoms with E-state index in [9.17, 15) is 4.79 Å². The Morgan fingerprint density at radius 1 is 1.33 bits per heavy atom. The van der Waals surface area contributed by atoms with Crippen LogP contribution in [0.25, 0.3) is 11.0 Å². The van der Waals surface area contributed by atoms with Gasteiger partial charge in [0.25, 0.3) is 0 Å². The number of nitrogens with zero attached hydrogens (tertiary/aromatic N) is 1. The molecular formula is C16H21NO4. The first-order valence-corrected chi connectivity index (χ1v) is 6.89. The number of esters is 1. The van der Waals surface area contributed by atoms with E-state index in [2.05, 4.69) is 0 Å². The molecule has 0 radical (unpaired) electrons. The molecular weight excluding hydrogens is 270 g/mol. The van der Waals surface area contributed by atoms with Gasteiger partial charge < -0.3 is 18.8 Å². The highest BCUT2D eigenvalue weighted by Crippen LogP contribution is 2.33. The molecule has 0 aliphatic heterocycles. The lowest BCUT2D eigenvalue weighted by atomic mass is 10.1. The van der Waals surface area contributed by atoms with Crippen molar-refractivity contribution in [1.29, 1.82) is 0 Å². The monoisotopic (exact) mass is 291 g/mol. The molecule has 0 bridgehead atoms. The van der Waals surface area contributed by atoms with E-state index in [0.29, 0.717) is 35.8 Å². The zero-order valence-electron chi connectivity index (χ0n) is 13.1. The van der Waals surface area contributed by atoms with Crippen LogP contribution in [-0.4, -0.2) is 38.7 Å². The topological polar surface area (TPSA) is 51.9 Å². The van der Waals surface area contributed by atoms with Gasteiger partial charge in [-0.1, -0.05) is 0 Å². The molecule has 114 valence electrons. The Morgan fingerprint density at radius 3 is 2.62 bits per heavy atom. The number of hydrogen-bond donors (Lipinski definition) is 0. The van der Waals surface area contributed by atoms with E-state index in [4.69, 9.17) is 13.9 Å². The van der Waals surface area contributed by atoms with Crippen molar-refractivity contribution in [3.05, 3.63) is 29.0 Å². The Balaban J connectivity index is 2.66. The van der Waals surface area contributed by atoms with E-state index >= 15 is 0 Å². The van der Waals surface area contributed by atoms with Crippen molar-refractivity contribution in [3.63, 3.8) is 0 Å². The summed E-state index contributed by atoms with van der Waals surface area (Å²) >= 11 is 0. The summed E-state index contributed by atoms with van der Waals surface area (Å²) < 4.78 is 16.3. The molecule has 5 nitrogen and oxygen atoms in total. The van der Waals surface area contributed by atoms with Gasteiger partial charge in [-0.05, 0) is 40.1 Å². The normalized spacial score (nSPS) is 11.1. The second kappa shape index (κ2) is 6.18. The van der Waals surface area contributed by atoms with Crippen LogP contribution >= 0.6 is 0 Å². The van der Waals surface area contributed by atoms with Crippen molar-refractivity contribution >= 4 is 16.9 Å². The van der Waals surface area contributed by atoms with E-state index in [-0.39, 0.29) is 5.97 Å². The summed E-state index contributed by atoms with van der Waals surface area (Å²) in [5.74, 6) is 0.903. The Kier molecular flexibility index (Phi) is 4.53. The maximum atomic E-state index is 12.1. The van der Waals surface area contributed by atoms with Gasteiger partial charge in [0.05, 0.1) is 13.7 Å². The summed E-state index contributed by atoms with van der Waals surface area (Å²) in [6, 6.07) is 3.75. The molecule has 0 aliphatic carbocycles. The molecule has 1 aromatic carbocycles. The zero-order valence-corrected chi connectivity index (χ0v) is 13.1. The van der Waals surface area contributed by atoms with Gasteiger partial charge >= 0.3 is 5.97 Å². The number of hydrogen-bond acceptors (Lipinski definition) is 5. The van der Waals surface area contributed by atoms with Gasteiger partial charge in [-0.3, -0.25) is 0 Å². The van der Waals surface area contributed by atoms with E-state index in [0.717, 1.165) is 10.9 Å². The lowest BCUT2D eigenvalue weighted by molar-refractivity contribution is 0.0526. The minimum atomic E-state index is -0.363. The van der Waals surface area contributed by atoms with Crippen LogP contribution in [-0.2, 0) is 11.3 Å². The van der Waals surface area contributed by atoms with Gasteiger partial charge in [-0.15, -0.1) is 0 Å². The molecule has 0 saturated heterocycles. The summed E-state index contributed by atoms with van der Waals surface area (Å²) in [7, 11) is 5.57. The minimum Gasteiger partial charge on any atom is -0.497 e. The third-order valence-electron chi connectivity index (χ3n) is 3.22. The van der Waals surface area contributed by atoms with Crippen LogP contribution in [0.3, 0.4) is 0 Å². The van der Waals surface area contributed by atoms with Crippen LogP contribution < -0.4 is 4.74 Å². The standard InChI is InChI=1S/C16H21NO4/c1-6-20-16(18)14-10(2)21-15-11(9-17(3)4)7-12(19-5)8-13(14)15/h7-8H,6,9H2,1-5H3. The van der Waals surface area contributed by atoms with Gasteiger partial charge in [0, 0.05) is 17.5 Å². The summed E-state index contributed by atoms with van der Waals surface area (Å²) in [5, 5.41) is 0.738. The molecule has 5 heteroatoms. The third kappa shape index (κ3) is 3.03. The van der Waals surface area contributed by atoms with E-state index < -0.39 is 0 Å². The largest absolute Gasteiger partial charge is 0.497 e. The second-order valence-corrected chi connectivity index (χ2v) is 5.15. The SMILES string of the molecule is CCOC(=O)c1c(C)oc2c(CN(C)C)cc(OC)cc12. The summed E-state index contributed by atoms with van der Waals surface area (Å²) in [6.07, 6.45) is 0. The molecule has 2 aromatic rings. The lowest BCUT2D eigenvalue weighted by Crippen LogP contribution is -2.11. The molecule has 0 fully saturated rings. The first kappa shape index (κ1) is 15.4. The van der Waals surface area contributed by atoms with Crippen molar-refractivity contribution in [2.45, 2.75) is 20.4 Å². The van der Waals surface area contributed by atoms with Crippen LogP contribution in [0.5, 0.6) is 5.75 Å². The first-order valence-electron chi connectivity index (χ1n) is 6.89. The summed E-state index contributed by atoms with van der Waals surface area (Å²) in [5.41, 5.74) is 2.17. The number of ether oxygens (including phenoxy) is 2. The van der Waals surface area contributed by atoms with Crippen molar-refractivity contribution < 1.29 is 18.7 Å². The Labute approximate surface area is 124 Å². The predicted octanol–water partition coefficient (Wildman–Crippen LogP) is 2.99. The number of fused-ring (bicyclic) bond motifs is 1. The number of furan rings is 1. The Morgan fingerprint density at radius 2 is 2.05 bits per heavy atom. The number of rotatable bonds is 5. The Hall–Kier alpha value is -2.01. The quantitative estimate of drug-likeness (QED) is 0.793. The number of benzene rings is 1. The van der Waals surface area contributed by atoms with Crippen molar-refractivity contribution in [3.8, 4) is 5.75 Å². The minimum absolute atomic E-state index is 0.333. The first-order chi connectivity index (χ1) is 9.97. The fraction of sp³-hybridized carbons (Fsp3) is 0.438. The average Bonchev–Trinajstić information content (AvgIpc) is 2.74. The molecule has 1 aromatic heterocycles. The fourth-order valence-corrected chi connectivity index (χ4v) is 2.39. The molecule has 2 rings (SSSR count). The highest BCUT2D eigenvalue weighted by atomic mass is 16.5. The van der Waals surface area contributed by atoms with Gasteiger partial charge in [-0.25, -0.2) is 4.79 Å². The van der Waals surface area contributed by atoms with Crippen LogP contribution in [0.2, 0.25) is 0 Å². The molecule has 0 saturated carbocycles. The number of carbonyl (C=O) groups is 1. The summed E-state index contributed by atoms with van der Waals surface area (Å²) in [4.78, 5) is 14.2. The van der Waals surface area contributed by atoms with Crippen LogP contribution in [0.15, 0.2) is 16.5 Å². The van der Waals surface area contributed by atoms with Gasteiger partial charge in [0.15, 0.2) is 0 Å². The lowest BCUT2D eigenvalue weighted by Gasteiger charge is -2.11. The molecule has 0 atom stereocenters. The third-order valence-corrected chi connectivity index (χ3v) is 3.22. The van der Waals surface area contributed by atoms with Gasteiger partial charge in [-0.2, -0.15) is 0 Å². The highest BCUT2D eigenvalue weighted by Gasteiger charge is 2.22. The smallest absolute Gasteiger partial charge is 0.342 e. The van der Waals surface area contributed by atoms with Crippen molar-refractivity contribution in [2.75, 3.05) is 27.8 Å². The average molecular weight is 291 g/mol. The summed E-state index contributed by atoms with van der Waals surface area (Å²) in [6.45, 7) is 4.59. The highest BCUT2D eigenvalue weighted by molar-refractivity contribution is 6.05. The Bertz CT molecular complexity index is 658. The molecule has 0 N–H and O–H groups in total. The van der Waals surface area contributed by atoms with Gasteiger partial charge in [0.2, 0.25) is 0 Å². The number of methoxy groups -OCH3 is 1. The number of aryl methyl sites for hydroxylation is 1. The second-order valence-electron chi connectivity index (χ2n) is 5.15. The molecule has 0 unspecified atom stereocenters. The number of carbonyl (C=O) groups excluding carboxylic acids is 1. The van der Waals surface area contributed by atoms with Gasteiger partial charge in [0.1, 0.15) is 22.7 Å². The fourth-order valence-electron chi connectivity index (χ4n) is 2.39. The molecule has 0 aliphatic rings. The van der Waals surface area contributed by atoms with E-state index in [1.165, 1.54) is 0 Å². The molecule has 21 heavy (non-hydrogen) atoms. The molecule has 0 amide bonds. The predicted molar refractivity (Wildman–Crippen MR) is 80.9 cm³/mol. The van der Waals surface area contributed by atoms with Crippen molar-refractivity contribution in [1.82, 2.24) is 4.90 Å². The molecule has 0 spiro atoms. The zero-order chi connectivity index (χ0) is 15.6. The maximum absolute atomic E-state index is 12.1. The molecule has 1 heterocycles.